The molecule has 1 saturated heterocycles. The molecule has 9 heteroatoms. The van der Waals surface area contributed by atoms with Crippen LogP contribution in [0.3, 0.4) is 0 Å². The third-order valence-corrected chi connectivity index (χ3v) is 8.57. The van der Waals surface area contributed by atoms with E-state index in [1.807, 2.05) is 13.8 Å². The molecule has 1 aromatic carbocycles. The standard InChI is InChI=1S/C21H31N3O4S2/c1-3-11-24(12-4-2)30(27,28)16-9-10-18-17(15-16)22-20(25)19(29-18)21(26)23-13-7-5-6-8-14-23/h9-10,15,19H,3-8,11-14H2,1-2H3,(H,22,25)/t19-/m0/s1. The van der Waals surface area contributed by atoms with Gasteiger partial charge in [0.2, 0.25) is 21.8 Å². The van der Waals surface area contributed by atoms with Gasteiger partial charge in [0.25, 0.3) is 0 Å². The number of fused-ring (bicyclic) bond motifs is 1. The number of rotatable bonds is 7. The predicted molar refractivity (Wildman–Crippen MR) is 119 cm³/mol. The van der Waals surface area contributed by atoms with Crippen molar-refractivity contribution >= 4 is 39.3 Å². The van der Waals surface area contributed by atoms with E-state index in [0.29, 0.717) is 31.9 Å². The van der Waals surface area contributed by atoms with Gasteiger partial charge in [-0.15, -0.1) is 11.8 Å². The molecule has 1 atom stereocenters. The minimum atomic E-state index is -3.63. The predicted octanol–water partition coefficient (Wildman–Crippen LogP) is 3.31. The van der Waals surface area contributed by atoms with Gasteiger partial charge in [0.05, 0.1) is 10.6 Å². The lowest BCUT2D eigenvalue weighted by molar-refractivity contribution is -0.133. The summed E-state index contributed by atoms with van der Waals surface area (Å²) in [5.74, 6) is -0.533. The van der Waals surface area contributed by atoms with Crippen molar-refractivity contribution in [2.75, 3.05) is 31.5 Å². The molecule has 1 aromatic rings. The second-order valence-corrected chi connectivity index (χ2v) is 10.9. The molecule has 3 rings (SSSR count). The number of hydrogen-bond donors (Lipinski definition) is 1. The van der Waals surface area contributed by atoms with Crippen molar-refractivity contribution in [3.05, 3.63) is 18.2 Å². The fourth-order valence-electron chi connectivity index (χ4n) is 3.87. The van der Waals surface area contributed by atoms with Crippen molar-refractivity contribution in [1.29, 1.82) is 0 Å². The van der Waals surface area contributed by atoms with E-state index < -0.39 is 15.3 Å². The van der Waals surface area contributed by atoms with Gasteiger partial charge in [0, 0.05) is 31.1 Å². The van der Waals surface area contributed by atoms with Crippen molar-refractivity contribution in [2.45, 2.75) is 67.4 Å². The van der Waals surface area contributed by atoms with E-state index in [1.165, 1.54) is 22.1 Å². The van der Waals surface area contributed by atoms with Gasteiger partial charge in [0.1, 0.15) is 0 Å². The summed E-state index contributed by atoms with van der Waals surface area (Å²) in [7, 11) is -3.63. The fraction of sp³-hybridized carbons (Fsp3) is 0.619. The number of carbonyl (C=O) groups excluding carboxylic acids is 2. The smallest absolute Gasteiger partial charge is 0.247 e. The quantitative estimate of drug-likeness (QED) is 0.640. The van der Waals surface area contributed by atoms with E-state index >= 15 is 0 Å². The third-order valence-electron chi connectivity index (χ3n) is 5.42. The van der Waals surface area contributed by atoms with Crippen LogP contribution in [-0.4, -0.2) is 60.9 Å². The molecular weight excluding hydrogens is 422 g/mol. The molecule has 2 amide bonds. The highest BCUT2D eigenvalue weighted by Gasteiger charge is 2.36. The van der Waals surface area contributed by atoms with Gasteiger partial charge in [-0.25, -0.2) is 8.42 Å². The number of nitrogens with zero attached hydrogens (tertiary/aromatic N) is 2. The summed E-state index contributed by atoms with van der Waals surface area (Å²) < 4.78 is 27.6. The van der Waals surface area contributed by atoms with Gasteiger partial charge in [-0.1, -0.05) is 26.7 Å². The van der Waals surface area contributed by atoms with Crippen LogP contribution in [0.2, 0.25) is 0 Å². The molecule has 0 radical (unpaired) electrons. The maximum absolute atomic E-state index is 13.0. The SMILES string of the molecule is CCCN(CCC)S(=O)(=O)c1ccc2c(c1)NC(=O)[C@@H](C(=O)N1CCCCCC1)S2. The topological polar surface area (TPSA) is 86.8 Å². The average Bonchev–Trinajstić information content (AvgIpc) is 3.01. The molecular formula is C21H31N3O4S2. The van der Waals surface area contributed by atoms with Gasteiger partial charge >= 0.3 is 0 Å². The van der Waals surface area contributed by atoms with Crippen LogP contribution in [0.25, 0.3) is 0 Å². The van der Waals surface area contributed by atoms with Gasteiger partial charge in [-0.05, 0) is 43.9 Å². The highest BCUT2D eigenvalue weighted by atomic mass is 32.2. The summed E-state index contributed by atoms with van der Waals surface area (Å²) in [4.78, 5) is 28.3. The summed E-state index contributed by atoms with van der Waals surface area (Å²) in [5.41, 5.74) is 0.457. The number of amides is 2. The van der Waals surface area contributed by atoms with E-state index in [-0.39, 0.29) is 16.7 Å². The zero-order valence-electron chi connectivity index (χ0n) is 17.7. The molecule has 0 saturated carbocycles. The fourth-order valence-corrected chi connectivity index (χ4v) is 6.57. The number of anilines is 1. The largest absolute Gasteiger partial charge is 0.341 e. The van der Waals surface area contributed by atoms with Crippen LogP contribution in [0.1, 0.15) is 52.4 Å². The van der Waals surface area contributed by atoms with Crippen LogP contribution < -0.4 is 5.32 Å². The van der Waals surface area contributed by atoms with Crippen LogP contribution in [0.15, 0.2) is 28.0 Å². The first-order valence-electron chi connectivity index (χ1n) is 10.8. The molecule has 2 aliphatic heterocycles. The lowest BCUT2D eigenvalue weighted by atomic mass is 10.2. The summed E-state index contributed by atoms with van der Waals surface area (Å²) in [5, 5.41) is 1.95. The van der Waals surface area contributed by atoms with Crippen LogP contribution in [0.5, 0.6) is 0 Å². The second kappa shape index (κ2) is 10.2. The van der Waals surface area contributed by atoms with Gasteiger partial charge in [-0.3, -0.25) is 9.59 Å². The molecule has 2 heterocycles. The van der Waals surface area contributed by atoms with E-state index in [2.05, 4.69) is 5.32 Å². The summed E-state index contributed by atoms with van der Waals surface area (Å²) >= 11 is 1.21. The van der Waals surface area contributed by atoms with E-state index in [4.69, 9.17) is 0 Å². The number of hydrogen-bond acceptors (Lipinski definition) is 5. The Morgan fingerprint density at radius 2 is 1.77 bits per heavy atom. The van der Waals surface area contributed by atoms with E-state index in [9.17, 15) is 18.0 Å². The Kier molecular flexibility index (Phi) is 7.81. The Balaban J connectivity index is 1.81. The summed E-state index contributed by atoms with van der Waals surface area (Å²) in [6, 6.07) is 4.79. The Morgan fingerprint density at radius 3 is 2.37 bits per heavy atom. The molecule has 0 unspecified atom stereocenters. The normalized spacial score (nSPS) is 19.9. The Bertz CT molecular complexity index is 874. The zero-order chi connectivity index (χ0) is 21.7. The van der Waals surface area contributed by atoms with Crippen molar-refractivity contribution in [2.24, 2.45) is 0 Å². The maximum Gasteiger partial charge on any atom is 0.247 e. The summed E-state index contributed by atoms with van der Waals surface area (Å²) in [6.45, 7) is 6.20. The lowest BCUT2D eigenvalue weighted by Gasteiger charge is -2.29. The third kappa shape index (κ3) is 5.00. The first-order valence-corrected chi connectivity index (χ1v) is 13.1. The molecule has 0 bridgehead atoms. The van der Waals surface area contributed by atoms with Crippen LogP contribution >= 0.6 is 11.8 Å². The monoisotopic (exact) mass is 453 g/mol. The lowest BCUT2D eigenvalue weighted by Crippen LogP contribution is -2.45. The van der Waals surface area contributed by atoms with Gasteiger partial charge in [-0.2, -0.15) is 4.31 Å². The first kappa shape index (κ1) is 23.1. The number of benzene rings is 1. The Labute approximate surface area is 183 Å². The highest BCUT2D eigenvalue weighted by molar-refractivity contribution is 8.01. The molecule has 7 nitrogen and oxygen atoms in total. The molecule has 30 heavy (non-hydrogen) atoms. The number of nitrogens with one attached hydrogen (secondary N) is 1. The molecule has 1 N–H and O–H groups in total. The van der Waals surface area contributed by atoms with E-state index in [1.54, 1.807) is 17.0 Å². The van der Waals surface area contributed by atoms with Crippen molar-refractivity contribution in [3.8, 4) is 0 Å². The first-order chi connectivity index (χ1) is 14.4. The number of likely N-dealkylation sites (tertiary alicyclic amines) is 1. The highest BCUT2D eigenvalue weighted by Crippen LogP contribution is 2.38. The minimum Gasteiger partial charge on any atom is -0.341 e. The van der Waals surface area contributed by atoms with Crippen LogP contribution in [0.4, 0.5) is 5.69 Å². The molecule has 0 aliphatic carbocycles. The molecule has 1 fully saturated rings. The van der Waals surface area contributed by atoms with Crippen molar-refractivity contribution in [3.63, 3.8) is 0 Å². The van der Waals surface area contributed by atoms with Gasteiger partial charge in [0.15, 0.2) is 5.25 Å². The Hall–Kier alpha value is -1.58. The van der Waals surface area contributed by atoms with E-state index in [0.717, 1.165) is 43.4 Å². The van der Waals surface area contributed by atoms with Crippen molar-refractivity contribution < 1.29 is 18.0 Å². The van der Waals surface area contributed by atoms with Crippen LogP contribution in [0, 0.1) is 0 Å². The molecule has 0 aromatic heterocycles. The average molecular weight is 454 g/mol. The summed E-state index contributed by atoms with van der Waals surface area (Å²) in [6.07, 6.45) is 5.62. The molecule has 166 valence electrons. The second-order valence-electron chi connectivity index (χ2n) is 7.79. The zero-order valence-corrected chi connectivity index (χ0v) is 19.4. The van der Waals surface area contributed by atoms with Gasteiger partial charge < -0.3 is 10.2 Å². The van der Waals surface area contributed by atoms with Crippen LogP contribution in [-0.2, 0) is 19.6 Å². The minimum absolute atomic E-state index is 0.154. The number of carbonyl (C=O) groups is 2. The number of sulfonamides is 1. The Morgan fingerprint density at radius 1 is 1.13 bits per heavy atom. The molecule has 0 spiro atoms. The number of thioether (sulfide) groups is 1. The molecule has 2 aliphatic rings. The van der Waals surface area contributed by atoms with Crippen molar-refractivity contribution in [1.82, 2.24) is 9.21 Å². The maximum atomic E-state index is 13.0.